The number of anilines is 1. The Balaban J connectivity index is 1.97. The number of hydrogen-bond donors (Lipinski definition) is 2. The van der Waals surface area contributed by atoms with E-state index in [1.807, 2.05) is 30.3 Å². The van der Waals surface area contributed by atoms with E-state index in [0.29, 0.717) is 17.0 Å². The largest absolute Gasteiger partial charge is 0.512 e. The zero-order valence-corrected chi connectivity index (χ0v) is 24.9. The number of esters is 1. The molecule has 8 heteroatoms. The first-order valence-corrected chi connectivity index (χ1v) is 13.9. The van der Waals surface area contributed by atoms with Gasteiger partial charge in [-0.1, -0.05) is 90.4 Å². The van der Waals surface area contributed by atoms with Crippen LogP contribution in [0.5, 0.6) is 5.75 Å². The summed E-state index contributed by atoms with van der Waals surface area (Å²) in [6, 6.07) is 9.19. The molecule has 0 saturated heterocycles. The van der Waals surface area contributed by atoms with E-state index in [0.717, 1.165) is 17.2 Å². The van der Waals surface area contributed by atoms with Crippen LogP contribution in [0.1, 0.15) is 68.2 Å². The molecule has 3 aromatic rings. The molecule has 1 saturated carbocycles. The summed E-state index contributed by atoms with van der Waals surface area (Å²) in [6.45, 7) is 16.7. The summed E-state index contributed by atoms with van der Waals surface area (Å²) in [5.41, 5.74) is 6.32. The van der Waals surface area contributed by atoms with Gasteiger partial charge in [-0.2, -0.15) is 0 Å². The molecular weight excluding hydrogens is 514 g/mol. The maximum absolute atomic E-state index is 14.3. The minimum absolute atomic E-state index is 0.0380. The first kappa shape index (κ1) is 28.9. The van der Waals surface area contributed by atoms with Gasteiger partial charge in [0.2, 0.25) is 0 Å². The number of halogens is 1. The molecule has 2 atom stereocenters. The van der Waals surface area contributed by atoms with Crippen LogP contribution >= 0.6 is 11.6 Å². The van der Waals surface area contributed by atoms with Gasteiger partial charge < -0.3 is 15.6 Å². The first-order chi connectivity index (χ1) is 18.0. The van der Waals surface area contributed by atoms with Gasteiger partial charge in [0, 0.05) is 0 Å². The van der Waals surface area contributed by atoms with Crippen LogP contribution in [0.2, 0.25) is 5.15 Å². The Bertz CT molecular complexity index is 1490. The minimum Gasteiger partial charge on any atom is -0.512 e. The zero-order chi connectivity index (χ0) is 29.0. The molecule has 39 heavy (non-hydrogen) atoms. The molecule has 0 aliphatic heterocycles. The monoisotopic (exact) mass is 553 g/mol. The number of carbonyl (C=O) groups excluding carboxylic acids is 1. The molecule has 3 N–H and O–H groups in total. The normalized spacial score (nSPS) is 23.1. The van der Waals surface area contributed by atoms with Crippen molar-refractivity contribution in [3.05, 3.63) is 51.1 Å². The number of nitrogens with zero attached hydrogens (tertiary/aromatic N) is 2. The molecule has 0 spiro atoms. The molecule has 1 aromatic carbocycles. The topological polar surface area (TPSA) is 107 Å². The predicted molar refractivity (Wildman–Crippen MR) is 157 cm³/mol. The van der Waals surface area contributed by atoms with Crippen LogP contribution < -0.4 is 21.2 Å². The Morgan fingerprint density at radius 2 is 1.62 bits per heavy atom. The number of hydrogen-bond acceptors (Lipinski definition) is 6. The maximum atomic E-state index is 14.3. The van der Waals surface area contributed by atoms with Gasteiger partial charge in [0.25, 0.3) is 5.56 Å². The Hall–Kier alpha value is -3.06. The van der Waals surface area contributed by atoms with Gasteiger partial charge in [0.05, 0.1) is 11.5 Å². The number of aromatic nitrogens is 2. The van der Waals surface area contributed by atoms with E-state index in [9.17, 15) is 14.7 Å². The molecule has 4 rings (SSSR count). The highest BCUT2D eigenvalue weighted by molar-refractivity contribution is 6.33. The van der Waals surface area contributed by atoms with Crippen molar-refractivity contribution in [2.45, 2.75) is 68.2 Å². The van der Waals surface area contributed by atoms with Crippen LogP contribution in [0.3, 0.4) is 0 Å². The third-order valence-corrected chi connectivity index (χ3v) is 8.61. The van der Waals surface area contributed by atoms with Gasteiger partial charge in [-0.25, -0.2) is 9.38 Å². The summed E-state index contributed by atoms with van der Waals surface area (Å²) in [5, 5.41) is 10.0. The number of rotatable bonds is 3. The second-order valence-corrected chi connectivity index (χ2v) is 13.6. The molecule has 0 bridgehead atoms. The third kappa shape index (κ3) is 5.25. The lowest BCUT2D eigenvalue weighted by atomic mass is 9.55. The van der Waals surface area contributed by atoms with E-state index in [1.54, 1.807) is 0 Å². The average Bonchev–Trinajstić information content (AvgIpc) is 3.08. The summed E-state index contributed by atoms with van der Waals surface area (Å²) in [6.07, 6.45) is 1.84. The average molecular weight is 554 g/mol. The molecule has 2 aromatic heterocycles. The van der Waals surface area contributed by atoms with Crippen molar-refractivity contribution in [3.63, 3.8) is 0 Å². The maximum Gasteiger partial charge on any atom is 0.315 e. The van der Waals surface area contributed by atoms with Crippen LogP contribution in [-0.2, 0) is 4.79 Å². The highest BCUT2D eigenvalue weighted by Crippen LogP contribution is 2.53. The van der Waals surface area contributed by atoms with Crippen molar-refractivity contribution in [3.8, 4) is 16.9 Å². The van der Waals surface area contributed by atoms with Crippen molar-refractivity contribution in [1.29, 1.82) is 0 Å². The van der Waals surface area contributed by atoms with Crippen LogP contribution in [-0.4, -0.2) is 20.5 Å². The van der Waals surface area contributed by atoms with E-state index in [2.05, 4.69) is 53.5 Å². The third-order valence-electron chi connectivity index (χ3n) is 8.25. The van der Waals surface area contributed by atoms with Crippen LogP contribution in [0.4, 0.5) is 5.82 Å². The highest BCUT2D eigenvalue weighted by Gasteiger charge is 2.50. The molecule has 2 unspecified atom stereocenters. The SMILES string of the molecule is C/C(O)=c1\c(N)nc2c(OC(=O)C3C(C(C)(C)C)CC(C)CC3C(C)(C)C)c(-c3ccccc3)c(Cl)n2c1=O. The number of nitrogens with two attached hydrogens (primary N) is 1. The van der Waals surface area contributed by atoms with Gasteiger partial charge in [-0.15, -0.1) is 0 Å². The number of benzene rings is 1. The zero-order valence-electron chi connectivity index (χ0n) is 24.1. The van der Waals surface area contributed by atoms with E-state index < -0.39 is 5.56 Å². The molecular formula is C31H40ClN3O4. The van der Waals surface area contributed by atoms with Crippen LogP contribution in [0.15, 0.2) is 35.1 Å². The van der Waals surface area contributed by atoms with Crippen LogP contribution in [0, 0.1) is 34.5 Å². The van der Waals surface area contributed by atoms with E-state index >= 15 is 0 Å². The second kappa shape index (κ2) is 10.2. The summed E-state index contributed by atoms with van der Waals surface area (Å²) < 4.78 is 7.46. The fraction of sp³-hybridized carbons (Fsp3) is 0.516. The molecule has 7 nitrogen and oxygen atoms in total. The Morgan fingerprint density at radius 3 is 2.10 bits per heavy atom. The fourth-order valence-corrected chi connectivity index (χ4v) is 6.65. The van der Waals surface area contributed by atoms with E-state index in [4.69, 9.17) is 22.1 Å². The number of carbonyl (C=O) groups is 1. The Kier molecular flexibility index (Phi) is 7.54. The standard InChI is InChI=1S/C31H40ClN3O4/c1-16-14-19(30(3,4)5)23(20(15-16)31(6,7)8)29(38)39-24-22(18-12-10-9-11-13-18)25(32)35-27(24)34-26(33)21(17(2)36)28(35)37/h9-13,16,19-20,23,36H,14-15H2,1-8H3,(H2,33,34)/b21-17-. The summed E-state index contributed by atoms with van der Waals surface area (Å²) in [7, 11) is 0. The van der Waals surface area contributed by atoms with Gasteiger partial charge in [-0.3, -0.25) is 9.59 Å². The van der Waals surface area contributed by atoms with Crippen molar-refractivity contribution in [2.24, 2.45) is 34.5 Å². The van der Waals surface area contributed by atoms with Gasteiger partial charge >= 0.3 is 5.97 Å². The molecule has 1 fully saturated rings. The highest BCUT2D eigenvalue weighted by atomic mass is 35.5. The first-order valence-electron chi connectivity index (χ1n) is 13.5. The number of aliphatic hydroxyl groups is 1. The number of fused-ring (bicyclic) bond motifs is 1. The van der Waals surface area contributed by atoms with Crippen molar-refractivity contribution < 1.29 is 14.6 Å². The van der Waals surface area contributed by atoms with E-state index in [1.165, 1.54) is 6.92 Å². The quantitative estimate of drug-likeness (QED) is 0.370. The lowest BCUT2D eigenvalue weighted by Gasteiger charge is -2.49. The molecule has 210 valence electrons. The van der Waals surface area contributed by atoms with E-state index in [-0.39, 0.29) is 67.9 Å². The van der Waals surface area contributed by atoms with Gasteiger partial charge in [0.15, 0.2) is 11.4 Å². The van der Waals surface area contributed by atoms with Gasteiger partial charge in [-0.05, 0) is 53.9 Å². The predicted octanol–water partition coefficient (Wildman–Crippen LogP) is 6.28. The smallest absolute Gasteiger partial charge is 0.315 e. The number of ether oxygens (including phenoxy) is 1. The lowest BCUT2D eigenvalue weighted by molar-refractivity contribution is -0.152. The number of nitrogen functional groups attached to an aromatic ring is 1. The van der Waals surface area contributed by atoms with Gasteiger partial charge in [0.1, 0.15) is 21.9 Å². The van der Waals surface area contributed by atoms with Crippen molar-refractivity contribution >= 4 is 34.8 Å². The second-order valence-electron chi connectivity index (χ2n) is 13.3. The molecule has 1 aliphatic rings. The van der Waals surface area contributed by atoms with Crippen molar-refractivity contribution in [1.82, 2.24) is 9.38 Å². The Labute approximate surface area is 235 Å². The summed E-state index contributed by atoms with van der Waals surface area (Å²) in [5.74, 6) is -0.393. The minimum atomic E-state index is -0.631. The van der Waals surface area contributed by atoms with Crippen molar-refractivity contribution in [2.75, 3.05) is 5.73 Å². The fourth-order valence-electron chi connectivity index (χ4n) is 6.30. The summed E-state index contributed by atoms with van der Waals surface area (Å²) >= 11 is 6.82. The molecule has 2 heterocycles. The number of aliphatic hydroxyl groups excluding tert-OH is 1. The summed E-state index contributed by atoms with van der Waals surface area (Å²) in [4.78, 5) is 32.2. The molecule has 1 aliphatic carbocycles. The lowest BCUT2D eigenvalue weighted by Crippen LogP contribution is -2.48. The molecule has 0 radical (unpaired) electrons. The molecule has 0 amide bonds. The Morgan fingerprint density at radius 1 is 1.08 bits per heavy atom. The van der Waals surface area contributed by atoms with Crippen LogP contribution in [0.25, 0.3) is 22.5 Å².